The molecular formula is C22H25ClN6O3. The first-order chi connectivity index (χ1) is 15.3. The van der Waals surface area contributed by atoms with Crippen molar-refractivity contribution in [2.24, 2.45) is 0 Å². The van der Waals surface area contributed by atoms with E-state index in [1.807, 2.05) is 49.5 Å². The number of urea groups is 1. The summed E-state index contributed by atoms with van der Waals surface area (Å²) in [5, 5.41) is 2.86. The zero-order chi connectivity index (χ0) is 22.8. The fourth-order valence-electron chi connectivity index (χ4n) is 4.06. The molecule has 168 valence electrons. The molecule has 2 saturated heterocycles. The zero-order valence-corrected chi connectivity index (χ0v) is 18.8. The second-order valence-electron chi connectivity index (χ2n) is 8.26. The van der Waals surface area contributed by atoms with Crippen LogP contribution in [0.1, 0.15) is 24.5 Å². The van der Waals surface area contributed by atoms with Crippen LogP contribution in [-0.2, 0) is 9.59 Å². The Hall–Kier alpha value is -3.20. The lowest BCUT2D eigenvalue weighted by Gasteiger charge is -2.34. The minimum atomic E-state index is -0.520. The Bertz CT molecular complexity index is 1040. The third-order valence-electron chi connectivity index (χ3n) is 5.72. The Morgan fingerprint density at radius 3 is 2.66 bits per heavy atom. The molecule has 1 aromatic carbocycles. The lowest BCUT2D eigenvalue weighted by atomic mass is 9.90. The van der Waals surface area contributed by atoms with Gasteiger partial charge in [-0.15, -0.1) is 0 Å². The summed E-state index contributed by atoms with van der Waals surface area (Å²) < 4.78 is 0. The van der Waals surface area contributed by atoms with Gasteiger partial charge in [-0.25, -0.2) is 14.8 Å². The maximum absolute atomic E-state index is 12.9. The molecule has 0 bridgehead atoms. The van der Waals surface area contributed by atoms with E-state index in [0.717, 1.165) is 29.7 Å². The Labute approximate surface area is 191 Å². The molecule has 0 radical (unpaired) electrons. The predicted octanol–water partition coefficient (Wildman–Crippen LogP) is 2.12. The van der Waals surface area contributed by atoms with Crippen LogP contribution in [0, 0.1) is 0 Å². The molecule has 0 unspecified atom stereocenters. The summed E-state index contributed by atoms with van der Waals surface area (Å²) in [4.78, 5) is 50.3. The topological polar surface area (TPSA) is 98.7 Å². The van der Waals surface area contributed by atoms with Gasteiger partial charge in [0.15, 0.2) is 0 Å². The Morgan fingerprint density at radius 1 is 1.25 bits per heavy atom. The number of amides is 4. The second kappa shape index (κ2) is 9.12. The number of anilines is 1. The number of hydrogen-bond acceptors (Lipinski definition) is 6. The van der Waals surface area contributed by atoms with Gasteiger partial charge in [-0.05, 0) is 30.5 Å². The Morgan fingerprint density at radius 2 is 2.00 bits per heavy atom. The number of halogens is 1. The van der Waals surface area contributed by atoms with Gasteiger partial charge in [-0.3, -0.25) is 14.9 Å². The van der Waals surface area contributed by atoms with E-state index in [0.29, 0.717) is 24.1 Å². The highest BCUT2D eigenvalue weighted by Crippen LogP contribution is 2.34. The van der Waals surface area contributed by atoms with E-state index in [1.54, 1.807) is 4.90 Å². The quantitative estimate of drug-likeness (QED) is 0.692. The number of nitrogens with zero attached hydrogens (tertiary/aromatic N) is 5. The maximum Gasteiger partial charge on any atom is 0.325 e. The van der Waals surface area contributed by atoms with Crippen LogP contribution in [0.3, 0.4) is 0 Å². The monoisotopic (exact) mass is 456 g/mol. The first kappa shape index (κ1) is 22.0. The molecule has 2 fully saturated rings. The zero-order valence-electron chi connectivity index (χ0n) is 18.0. The molecule has 1 atom stereocenters. The number of carbonyl (C=O) groups is 3. The standard InChI is InChI=1S/C22H25ClN6O3/c1-27(2)21-24-10-17(14-5-7-16(23)8-6-14)20(26-21)15-4-3-9-28(11-15)19(31)13-29-12-18(30)25-22(29)32/h5-8,10,15H,3-4,9,11-13H2,1-2H3,(H,25,30,32)/t15-/m0/s1. The minimum absolute atomic E-state index is 0.0223. The maximum atomic E-state index is 12.9. The van der Waals surface area contributed by atoms with E-state index in [4.69, 9.17) is 16.6 Å². The number of piperidine rings is 1. The summed E-state index contributed by atoms with van der Waals surface area (Å²) >= 11 is 6.06. The molecule has 0 saturated carbocycles. The van der Waals surface area contributed by atoms with Crippen LogP contribution in [0.25, 0.3) is 11.1 Å². The third kappa shape index (κ3) is 4.67. The van der Waals surface area contributed by atoms with E-state index in [1.165, 1.54) is 4.90 Å². The van der Waals surface area contributed by atoms with Crippen LogP contribution in [0.2, 0.25) is 5.02 Å². The molecule has 9 nitrogen and oxygen atoms in total. The molecule has 2 aliphatic rings. The van der Waals surface area contributed by atoms with Crippen molar-refractivity contribution >= 4 is 35.4 Å². The number of likely N-dealkylation sites (tertiary alicyclic amines) is 1. The van der Waals surface area contributed by atoms with Crippen LogP contribution < -0.4 is 10.2 Å². The molecule has 1 N–H and O–H groups in total. The first-order valence-electron chi connectivity index (χ1n) is 10.5. The van der Waals surface area contributed by atoms with Crippen molar-refractivity contribution in [3.8, 4) is 11.1 Å². The predicted molar refractivity (Wildman–Crippen MR) is 120 cm³/mol. The summed E-state index contributed by atoms with van der Waals surface area (Å²) in [7, 11) is 3.78. The molecule has 1 aromatic heterocycles. The number of rotatable bonds is 5. The normalized spacial score (nSPS) is 18.7. The van der Waals surface area contributed by atoms with Gasteiger partial charge in [0.25, 0.3) is 0 Å². The number of hydrogen-bond donors (Lipinski definition) is 1. The van der Waals surface area contributed by atoms with Crippen molar-refractivity contribution in [3.05, 3.63) is 41.2 Å². The summed E-state index contributed by atoms with van der Waals surface area (Å²) in [5.74, 6) is 0.0705. The van der Waals surface area contributed by atoms with Gasteiger partial charge >= 0.3 is 6.03 Å². The van der Waals surface area contributed by atoms with Crippen LogP contribution in [0.5, 0.6) is 0 Å². The van der Waals surface area contributed by atoms with E-state index >= 15 is 0 Å². The highest BCUT2D eigenvalue weighted by atomic mass is 35.5. The molecule has 0 aliphatic carbocycles. The molecule has 3 heterocycles. The van der Waals surface area contributed by atoms with Crippen molar-refractivity contribution in [2.45, 2.75) is 18.8 Å². The molecule has 4 rings (SSSR count). The van der Waals surface area contributed by atoms with Gasteiger partial charge in [0.1, 0.15) is 13.1 Å². The smallest absolute Gasteiger partial charge is 0.325 e. The van der Waals surface area contributed by atoms with E-state index in [9.17, 15) is 14.4 Å². The van der Waals surface area contributed by atoms with Crippen molar-refractivity contribution in [1.29, 1.82) is 0 Å². The highest BCUT2D eigenvalue weighted by Gasteiger charge is 2.32. The Balaban J connectivity index is 1.58. The van der Waals surface area contributed by atoms with Crippen LogP contribution in [-0.4, -0.2) is 77.9 Å². The molecule has 4 amide bonds. The first-order valence-corrected chi connectivity index (χ1v) is 10.9. The molecule has 2 aromatic rings. The number of benzene rings is 1. The average molecular weight is 457 g/mol. The Kier molecular flexibility index (Phi) is 6.27. The molecular weight excluding hydrogens is 432 g/mol. The van der Waals surface area contributed by atoms with Gasteiger partial charge in [-0.2, -0.15) is 0 Å². The van der Waals surface area contributed by atoms with Crippen molar-refractivity contribution in [2.75, 3.05) is 45.2 Å². The van der Waals surface area contributed by atoms with Crippen molar-refractivity contribution in [3.63, 3.8) is 0 Å². The number of nitrogens with one attached hydrogen (secondary N) is 1. The van der Waals surface area contributed by atoms with E-state index in [-0.39, 0.29) is 30.8 Å². The fourth-order valence-corrected chi connectivity index (χ4v) is 4.19. The average Bonchev–Trinajstić information content (AvgIpc) is 3.10. The van der Waals surface area contributed by atoms with Crippen molar-refractivity contribution in [1.82, 2.24) is 25.1 Å². The van der Waals surface area contributed by atoms with Gasteiger partial charge in [-0.1, -0.05) is 23.7 Å². The largest absolute Gasteiger partial charge is 0.347 e. The van der Waals surface area contributed by atoms with Gasteiger partial charge in [0, 0.05) is 49.9 Å². The van der Waals surface area contributed by atoms with Gasteiger partial charge in [0.05, 0.1) is 5.69 Å². The number of aromatic nitrogens is 2. The number of carbonyl (C=O) groups excluding carboxylic acids is 3. The summed E-state index contributed by atoms with van der Waals surface area (Å²) in [6.45, 7) is 0.912. The van der Waals surface area contributed by atoms with Crippen molar-refractivity contribution < 1.29 is 14.4 Å². The number of imide groups is 1. The second-order valence-corrected chi connectivity index (χ2v) is 8.69. The summed E-state index contributed by atoms with van der Waals surface area (Å²) in [6, 6.07) is 7.02. The van der Waals surface area contributed by atoms with Crippen LogP contribution in [0.15, 0.2) is 30.5 Å². The van der Waals surface area contributed by atoms with Gasteiger partial charge in [0.2, 0.25) is 17.8 Å². The lowest BCUT2D eigenvalue weighted by Crippen LogP contribution is -2.45. The lowest BCUT2D eigenvalue weighted by molar-refractivity contribution is -0.133. The summed E-state index contributed by atoms with van der Waals surface area (Å²) in [5.41, 5.74) is 2.76. The molecule has 10 heteroatoms. The van der Waals surface area contributed by atoms with Crippen LogP contribution in [0.4, 0.5) is 10.7 Å². The third-order valence-corrected chi connectivity index (χ3v) is 5.97. The fraction of sp³-hybridized carbons (Fsp3) is 0.409. The van der Waals surface area contributed by atoms with E-state index < -0.39 is 6.03 Å². The SMILES string of the molecule is CN(C)c1ncc(-c2ccc(Cl)cc2)c([C@H]2CCCN(C(=O)CN3CC(=O)NC3=O)C2)n1. The molecule has 32 heavy (non-hydrogen) atoms. The highest BCUT2D eigenvalue weighted by molar-refractivity contribution is 6.30. The minimum Gasteiger partial charge on any atom is -0.347 e. The van der Waals surface area contributed by atoms with Crippen LogP contribution >= 0.6 is 11.6 Å². The molecule has 2 aliphatic heterocycles. The van der Waals surface area contributed by atoms with E-state index in [2.05, 4.69) is 10.3 Å². The molecule has 0 spiro atoms. The van der Waals surface area contributed by atoms with Gasteiger partial charge < -0.3 is 14.7 Å². The summed E-state index contributed by atoms with van der Waals surface area (Å²) in [6.07, 6.45) is 3.53.